The molecule has 2 N–H and O–H groups in total. The van der Waals surface area contributed by atoms with Gasteiger partial charge in [-0.05, 0) is 43.2 Å². The summed E-state index contributed by atoms with van der Waals surface area (Å²) in [5, 5.41) is 3.52. The zero-order valence-corrected chi connectivity index (χ0v) is 19.2. The zero-order valence-electron chi connectivity index (χ0n) is 18.4. The van der Waals surface area contributed by atoms with Crippen LogP contribution in [0.2, 0.25) is 0 Å². The SMILES string of the molecule is CNC(=O)c1ccc(N2CCN(Cc3ccc4c(=S)n(C)c(=O)[nH]c4c3)C3CC32)c(C)n1. The van der Waals surface area contributed by atoms with Gasteiger partial charge in [-0.2, -0.15) is 0 Å². The lowest BCUT2D eigenvalue weighted by molar-refractivity contribution is 0.0958. The molecular weight excluding hydrogens is 424 g/mol. The largest absolute Gasteiger partial charge is 0.364 e. The zero-order chi connectivity index (χ0) is 22.6. The molecule has 3 aromatic rings. The molecule has 9 heteroatoms. The first-order valence-electron chi connectivity index (χ1n) is 10.8. The molecule has 2 atom stereocenters. The van der Waals surface area contributed by atoms with Gasteiger partial charge in [0.05, 0.1) is 16.9 Å². The van der Waals surface area contributed by atoms with Crippen molar-refractivity contribution in [2.24, 2.45) is 7.05 Å². The fourth-order valence-corrected chi connectivity index (χ4v) is 5.02. The van der Waals surface area contributed by atoms with Gasteiger partial charge in [-0.1, -0.05) is 18.3 Å². The molecule has 0 spiro atoms. The van der Waals surface area contributed by atoms with Crippen molar-refractivity contribution in [3.05, 3.63) is 62.4 Å². The van der Waals surface area contributed by atoms with Gasteiger partial charge in [0.15, 0.2) is 0 Å². The highest BCUT2D eigenvalue weighted by Crippen LogP contribution is 2.40. The first kappa shape index (κ1) is 20.8. The van der Waals surface area contributed by atoms with Gasteiger partial charge in [0.2, 0.25) is 0 Å². The number of H-pyrrole nitrogens is 1. The molecule has 8 nitrogen and oxygen atoms in total. The van der Waals surface area contributed by atoms with Gasteiger partial charge in [0.25, 0.3) is 5.91 Å². The number of anilines is 1. The Hall–Kier alpha value is -3.04. The average molecular weight is 451 g/mol. The number of nitrogens with zero attached hydrogens (tertiary/aromatic N) is 4. The maximum atomic E-state index is 12.1. The van der Waals surface area contributed by atoms with Gasteiger partial charge in [-0.25, -0.2) is 9.78 Å². The number of hydrogen-bond donors (Lipinski definition) is 2. The Morgan fingerprint density at radius 2 is 2.06 bits per heavy atom. The number of carbonyl (C=O) groups is 1. The molecule has 1 saturated carbocycles. The van der Waals surface area contributed by atoms with E-state index in [1.807, 2.05) is 25.1 Å². The Bertz CT molecular complexity index is 1350. The van der Waals surface area contributed by atoms with Crippen molar-refractivity contribution in [3.63, 3.8) is 0 Å². The third-order valence-corrected chi connectivity index (χ3v) is 7.09. The Morgan fingerprint density at radius 3 is 2.81 bits per heavy atom. The smallest absolute Gasteiger partial charge is 0.326 e. The van der Waals surface area contributed by atoms with Crippen LogP contribution in [0.5, 0.6) is 0 Å². The molecule has 1 aromatic carbocycles. The van der Waals surface area contributed by atoms with E-state index in [0.29, 0.717) is 22.4 Å². The molecule has 32 heavy (non-hydrogen) atoms. The van der Waals surface area contributed by atoms with Gasteiger partial charge < -0.3 is 15.2 Å². The predicted molar refractivity (Wildman–Crippen MR) is 127 cm³/mol. The van der Waals surface area contributed by atoms with E-state index in [2.05, 4.69) is 31.2 Å². The molecule has 5 rings (SSSR count). The highest BCUT2D eigenvalue weighted by atomic mass is 32.1. The molecule has 3 heterocycles. The van der Waals surface area contributed by atoms with Crippen molar-refractivity contribution in [1.29, 1.82) is 0 Å². The summed E-state index contributed by atoms with van der Waals surface area (Å²) >= 11 is 5.41. The van der Waals surface area contributed by atoms with E-state index in [1.54, 1.807) is 20.2 Å². The Kier molecular flexibility index (Phi) is 5.10. The minimum Gasteiger partial charge on any atom is -0.364 e. The molecule has 0 bridgehead atoms. The third kappa shape index (κ3) is 3.51. The van der Waals surface area contributed by atoms with Gasteiger partial charge in [-0.3, -0.25) is 14.3 Å². The van der Waals surface area contributed by atoms with E-state index in [1.165, 1.54) is 10.1 Å². The fourth-order valence-electron chi connectivity index (χ4n) is 4.76. The summed E-state index contributed by atoms with van der Waals surface area (Å²) in [7, 11) is 3.30. The lowest BCUT2D eigenvalue weighted by atomic mass is 10.1. The number of rotatable bonds is 4. The Morgan fingerprint density at radius 1 is 1.25 bits per heavy atom. The molecule has 0 radical (unpaired) electrons. The van der Waals surface area contributed by atoms with Crippen LogP contribution in [0.1, 0.15) is 28.2 Å². The van der Waals surface area contributed by atoms with E-state index in [-0.39, 0.29) is 11.6 Å². The van der Waals surface area contributed by atoms with E-state index < -0.39 is 0 Å². The fraction of sp³-hybridized carbons (Fsp3) is 0.391. The number of pyridine rings is 1. The van der Waals surface area contributed by atoms with Crippen molar-refractivity contribution < 1.29 is 4.79 Å². The van der Waals surface area contributed by atoms with Gasteiger partial charge in [0, 0.05) is 51.2 Å². The second-order valence-electron chi connectivity index (χ2n) is 8.59. The number of aromatic amines is 1. The summed E-state index contributed by atoms with van der Waals surface area (Å²) in [4.78, 5) is 36.3. The van der Waals surface area contributed by atoms with Crippen LogP contribution >= 0.6 is 12.2 Å². The van der Waals surface area contributed by atoms with E-state index in [9.17, 15) is 9.59 Å². The molecule has 1 amide bonds. The Labute approximate surface area is 190 Å². The van der Waals surface area contributed by atoms with Crippen LogP contribution in [0, 0.1) is 11.6 Å². The van der Waals surface area contributed by atoms with Crippen LogP contribution in [-0.4, -0.2) is 57.6 Å². The molecule has 2 fully saturated rings. The molecule has 166 valence electrons. The maximum absolute atomic E-state index is 12.1. The van der Waals surface area contributed by atoms with Crippen LogP contribution in [0.25, 0.3) is 10.9 Å². The molecule has 2 unspecified atom stereocenters. The molecule has 1 saturated heterocycles. The summed E-state index contributed by atoms with van der Waals surface area (Å²) < 4.78 is 2.02. The summed E-state index contributed by atoms with van der Waals surface area (Å²) in [5.74, 6) is -0.164. The van der Waals surface area contributed by atoms with E-state index in [4.69, 9.17) is 12.2 Å². The van der Waals surface area contributed by atoms with Crippen LogP contribution < -0.4 is 15.9 Å². The number of hydrogen-bond acceptors (Lipinski definition) is 6. The monoisotopic (exact) mass is 450 g/mol. The number of fused-ring (bicyclic) bond motifs is 2. The number of benzene rings is 1. The lowest BCUT2D eigenvalue weighted by Crippen LogP contribution is -2.46. The summed E-state index contributed by atoms with van der Waals surface area (Å²) in [6.07, 6.45) is 1.12. The topological polar surface area (TPSA) is 86.3 Å². The van der Waals surface area contributed by atoms with Crippen molar-refractivity contribution in [1.82, 2.24) is 24.8 Å². The van der Waals surface area contributed by atoms with Crippen LogP contribution in [-0.2, 0) is 13.6 Å². The van der Waals surface area contributed by atoms with Crippen LogP contribution in [0.3, 0.4) is 0 Å². The second kappa shape index (κ2) is 7.83. The predicted octanol–water partition coefficient (Wildman–Crippen LogP) is 2.12. The lowest BCUT2D eigenvalue weighted by Gasteiger charge is -2.36. The number of nitrogens with one attached hydrogen (secondary N) is 2. The van der Waals surface area contributed by atoms with Crippen molar-refractivity contribution >= 4 is 34.7 Å². The maximum Gasteiger partial charge on any atom is 0.326 e. The van der Waals surface area contributed by atoms with Crippen molar-refractivity contribution in [2.75, 3.05) is 25.0 Å². The Balaban J connectivity index is 1.32. The molecule has 1 aliphatic heterocycles. The summed E-state index contributed by atoms with van der Waals surface area (Å²) in [5.41, 5.74) is 4.21. The average Bonchev–Trinajstić information content (AvgIpc) is 3.59. The molecule has 1 aliphatic carbocycles. The van der Waals surface area contributed by atoms with E-state index in [0.717, 1.165) is 48.3 Å². The van der Waals surface area contributed by atoms with Crippen molar-refractivity contribution in [3.8, 4) is 0 Å². The minimum absolute atomic E-state index is 0.164. The van der Waals surface area contributed by atoms with Gasteiger partial charge >= 0.3 is 5.69 Å². The van der Waals surface area contributed by atoms with Crippen molar-refractivity contribution in [2.45, 2.75) is 32.0 Å². The van der Waals surface area contributed by atoms with Gasteiger partial charge in [-0.15, -0.1) is 0 Å². The number of carbonyl (C=O) groups excluding carboxylic acids is 1. The number of piperazine rings is 1. The van der Waals surface area contributed by atoms with Crippen LogP contribution in [0.4, 0.5) is 5.69 Å². The second-order valence-corrected chi connectivity index (χ2v) is 8.98. The summed E-state index contributed by atoms with van der Waals surface area (Å²) in [6.45, 7) is 4.67. The number of aromatic nitrogens is 3. The quantitative estimate of drug-likeness (QED) is 0.593. The number of amides is 1. The molecule has 2 aliphatic rings. The standard InChI is InChI=1S/C23H26N6O2S/c1-13-18(7-6-16(25-13)21(30)24-2)29-9-8-28(19-11-20(19)29)12-14-4-5-15-17(10-14)26-23(31)27(3)22(15)32/h4-7,10,19-20H,8-9,11-12H2,1-3H3,(H,24,30)(H,26,31). The minimum atomic E-state index is -0.193. The first-order valence-corrected chi connectivity index (χ1v) is 11.2. The molecular formula is C23H26N6O2S. The third-order valence-electron chi connectivity index (χ3n) is 6.60. The number of aryl methyl sites for hydroxylation is 1. The normalized spacial score (nSPS) is 20.3. The molecule has 2 aromatic heterocycles. The highest BCUT2D eigenvalue weighted by molar-refractivity contribution is 7.71. The van der Waals surface area contributed by atoms with Crippen LogP contribution in [0.15, 0.2) is 35.1 Å². The highest BCUT2D eigenvalue weighted by Gasteiger charge is 2.49. The van der Waals surface area contributed by atoms with Gasteiger partial charge in [0.1, 0.15) is 10.3 Å². The summed E-state index contributed by atoms with van der Waals surface area (Å²) in [6, 6.07) is 10.9. The first-order chi connectivity index (χ1) is 15.4. The van der Waals surface area contributed by atoms with E-state index >= 15 is 0 Å².